The number of fused-ring (bicyclic) bond motifs is 2. The number of allylic oxidation sites excluding steroid dienone is 2. The summed E-state index contributed by atoms with van der Waals surface area (Å²) in [6.07, 6.45) is 2.89. The molecule has 0 heterocycles. The van der Waals surface area contributed by atoms with Gasteiger partial charge in [-0.2, -0.15) is 0 Å². The standard InChI is InChI=1S/C25H33NO2/c1-8-14-26-22-17(4)25(7)21(16(3)20(22)24(25,5)6)23(27)28-15-19-12-10-18(9-2)11-13-19/h9-13,20,26H,2,8,14-15H2,1,3-7H3/t20-,25+/m1/s1. The summed E-state index contributed by atoms with van der Waals surface area (Å²) in [5, 5.41) is 3.64. The first-order valence-electron chi connectivity index (χ1n) is 10.2. The topological polar surface area (TPSA) is 38.3 Å². The molecule has 1 aromatic rings. The molecule has 0 radical (unpaired) electrons. The van der Waals surface area contributed by atoms with Gasteiger partial charge in [0.25, 0.3) is 0 Å². The van der Waals surface area contributed by atoms with Crippen LogP contribution in [0.1, 0.15) is 59.1 Å². The van der Waals surface area contributed by atoms with Gasteiger partial charge in [-0.25, -0.2) is 4.79 Å². The van der Waals surface area contributed by atoms with Crippen LogP contribution >= 0.6 is 0 Å². The number of ether oxygens (including phenoxy) is 1. The van der Waals surface area contributed by atoms with E-state index in [9.17, 15) is 4.79 Å². The number of nitrogens with one attached hydrogen (secondary N) is 1. The van der Waals surface area contributed by atoms with Gasteiger partial charge < -0.3 is 10.1 Å². The third kappa shape index (κ3) is 2.83. The zero-order chi connectivity index (χ0) is 20.7. The predicted molar refractivity (Wildman–Crippen MR) is 115 cm³/mol. The highest BCUT2D eigenvalue weighted by Crippen LogP contribution is 2.69. The average molecular weight is 380 g/mol. The highest BCUT2D eigenvalue weighted by Gasteiger charge is 2.64. The molecule has 0 spiro atoms. The van der Waals surface area contributed by atoms with E-state index in [0.717, 1.165) is 35.2 Å². The van der Waals surface area contributed by atoms with Crippen molar-refractivity contribution in [2.24, 2.45) is 16.7 Å². The van der Waals surface area contributed by atoms with Crippen LogP contribution in [-0.2, 0) is 16.1 Å². The Morgan fingerprint density at radius 1 is 1.21 bits per heavy atom. The molecule has 0 aromatic heterocycles. The lowest BCUT2D eigenvalue weighted by Gasteiger charge is -2.38. The quantitative estimate of drug-likeness (QED) is 0.623. The fourth-order valence-corrected chi connectivity index (χ4v) is 5.26. The largest absolute Gasteiger partial charge is 0.457 e. The van der Waals surface area contributed by atoms with Crippen molar-refractivity contribution in [3.8, 4) is 0 Å². The highest BCUT2D eigenvalue weighted by molar-refractivity contribution is 5.94. The summed E-state index contributed by atoms with van der Waals surface area (Å²) in [6, 6.07) is 7.94. The minimum Gasteiger partial charge on any atom is -0.457 e. The third-order valence-electron chi connectivity index (χ3n) is 7.14. The number of hydrogen-bond donors (Lipinski definition) is 1. The van der Waals surface area contributed by atoms with Gasteiger partial charge in [0, 0.05) is 29.1 Å². The Morgan fingerprint density at radius 2 is 1.86 bits per heavy atom. The lowest BCUT2D eigenvalue weighted by molar-refractivity contribution is -0.141. The van der Waals surface area contributed by atoms with E-state index in [1.54, 1.807) is 6.08 Å². The maximum absolute atomic E-state index is 13.2. The molecule has 28 heavy (non-hydrogen) atoms. The van der Waals surface area contributed by atoms with Gasteiger partial charge >= 0.3 is 5.97 Å². The summed E-state index contributed by atoms with van der Waals surface area (Å²) in [5.74, 6) is 0.0655. The molecule has 2 atom stereocenters. The van der Waals surface area contributed by atoms with Crippen LogP contribution in [0.3, 0.4) is 0 Å². The van der Waals surface area contributed by atoms with Crippen molar-refractivity contribution in [3.05, 3.63) is 64.4 Å². The van der Waals surface area contributed by atoms with Crippen LogP contribution in [0.25, 0.3) is 6.08 Å². The maximum Gasteiger partial charge on any atom is 0.335 e. The summed E-state index contributed by atoms with van der Waals surface area (Å²) in [6.45, 7) is 18.2. The molecular formula is C25H33NO2. The molecular weight excluding hydrogens is 346 g/mol. The smallest absolute Gasteiger partial charge is 0.335 e. The number of benzene rings is 1. The summed E-state index contributed by atoms with van der Waals surface area (Å²) < 4.78 is 5.77. The van der Waals surface area contributed by atoms with Gasteiger partial charge in [0.1, 0.15) is 6.61 Å². The van der Waals surface area contributed by atoms with E-state index in [1.807, 2.05) is 24.3 Å². The van der Waals surface area contributed by atoms with E-state index in [4.69, 9.17) is 4.74 Å². The Labute approximate surface area is 169 Å². The second kappa shape index (κ2) is 7.27. The fourth-order valence-electron chi connectivity index (χ4n) is 5.26. The molecule has 0 aliphatic heterocycles. The molecule has 0 fully saturated rings. The molecule has 0 saturated heterocycles. The lowest BCUT2D eigenvalue weighted by atomic mass is 9.64. The molecule has 3 nitrogen and oxygen atoms in total. The van der Waals surface area contributed by atoms with Crippen molar-refractivity contribution in [2.45, 2.75) is 54.6 Å². The van der Waals surface area contributed by atoms with Gasteiger partial charge in [-0.1, -0.05) is 70.2 Å². The van der Waals surface area contributed by atoms with Crippen LogP contribution in [-0.4, -0.2) is 12.5 Å². The van der Waals surface area contributed by atoms with Gasteiger partial charge in [-0.15, -0.1) is 0 Å². The predicted octanol–water partition coefficient (Wildman–Crippen LogP) is 5.64. The Hall–Kier alpha value is -2.29. The Kier molecular flexibility index (Phi) is 5.31. The van der Waals surface area contributed by atoms with E-state index in [-0.39, 0.29) is 29.3 Å². The summed E-state index contributed by atoms with van der Waals surface area (Å²) >= 11 is 0. The first-order valence-corrected chi connectivity index (χ1v) is 10.2. The molecule has 0 saturated carbocycles. The number of rotatable bonds is 7. The van der Waals surface area contributed by atoms with Crippen LogP contribution in [0.2, 0.25) is 0 Å². The van der Waals surface area contributed by atoms with Crippen molar-refractivity contribution in [1.82, 2.24) is 5.32 Å². The van der Waals surface area contributed by atoms with E-state index in [1.165, 1.54) is 11.3 Å². The van der Waals surface area contributed by atoms with E-state index >= 15 is 0 Å². The highest BCUT2D eigenvalue weighted by atomic mass is 16.5. The molecule has 3 rings (SSSR count). The summed E-state index contributed by atoms with van der Waals surface area (Å²) in [4.78, 5) is 13.2. The number of hydrogen-bond acceptors (Lipinski definition) is 3. The van der Waals surface area contributed by atoms with Crippen LogP contribution < -0.4 is 5.32 Å². The first-order chi connectivity index (χ1) is 13.2. The van der Waals surface area contributed by atoms with Gasteiger partial charge in [0.2, 0.25) is 0 Å². The van der Waals surface area contributed by atoms with E-state index in [0.29, 0.717) is 0 Å². The van der Waals surface area contributed by atoms with Crippen molar-refractivity contribution in [1.29, 1.82) is 0 Å². The van der Waals surface area contributed by atoms with E-state index < -0.39 is 0 Å². The molecule has 1 N–H and O–H groups in total. The third-order valence-corrected chi connectivity index (χ3v) is 7.14. The van der Waals surface area contributed by atoms with Crippen molar-refractivity contribution < 1.29 is 9.53 Å². The van der Waals surface area contributed by atoms with E-state index in [2.05, 4.69) is 53.4 Å². The normalized spacial score (nSPS) is 25.3. The monoisotopic (exact) mass is 379 g/mol. The maximum atomic E-state index is 13.2. The minimum atomic E-state index is -0.304. The molecule has 3 heteroatoms. The van der Waals surface area contributed by atoms with Crippen molar-refractivity contribution in [2.75, 3.05) is 6.54 Å². The van der Waals surface area contributed by atoms with Crippen LogP contribution in [0, 0.1) is 16.7 Å². The van der Waals surface area contributed by atoms with Crippen LogP contribution in [0.4, 0.5) is 0 Å². The molecule has 150 valence electrons. The SMILES string of the molecule is C=Cc1ccc(COC(=O)C2=C(C)[C@@H]3C(NCCC)=C(C)[C@]2(C)C3(C)C)cc1. The average Bonchev–Trinajstić information content (AvgIpc) is 2.92. The second-order valence-electron chi connectivity index (χ2n) is 8.83. The Bertz CT molecular complexity index is 857. The van der Waals surface area contributed by atoms with Crippen molar-refractivity contribution in [3.63, 3.8) is 0 Å². The molecule has 0 unspecified atom stereocenters. The van der Waals surface area contributed by atoms with Crippen LogP contribution in [0.15, 0.2) is 53.3 Å². The molecule has 0 amide bonds. The van der Waals surface area contributed by atoms with Gasteiger partial charge in [0.05, 0.1) is 0 Å². The van der Waals surface area contributed by atoms with Gasteiger partial charge in [0.15, 0.2) is 0 Å². The minimum absolute atomic E-state index is 0.0444. The number of esters is 1. The zero-order valence-electron chi connectivity index (χ0n) is 18.1. The Morgan fingerprint density at radius 3 is 2.43 bits per heavy atom. The number of carbonyl (C=O) groups excluding carboxylic acids is 1. The Balaban J connectivity index is 1.83. The summed E-state index contributed by atoms with van der Waals surface area (Å²) in [7, 11) is 0. The fraction of sp³-hybridized carbons (Fsp3) is 0.480. The molecule has 1 aromatic carbocycles. The second-order valence-corrected chi connectivity index (χ2v) is 8.83. The number of carbonyl (C=O) groups is 1. The zero-order valence-corrected chi connectivity index (χ0v) is 18.1. The lowest BCUT2D eigenvalue weighted by Crippen LogP contribution is -2.35. The van der Waals surface area contributed by atoms with Gasteiger partial charge in [-0.05, 0) is 42.4 Å². The molecule has 2 aliphatic rings. The van der Waals surface area contributed by atoms with Crippen LogP contribution in [0.5, 0.6) is 0 Å². The first kappa shape index (κ1) is 20.4. The summed E-state index contributed by atoms with van der Waals surface area (Å²) in [5.41, 5.74) is 6.30. The molecule has 2 aliphatic carbocycles. The van der Waals surface area contributed by atoms with Crippen molar-refractivity contribution >= 4 is 12.0 Å². The van der Waals surface area contributed by atoms with Gasteiger partial charge in [-0.3, -0.25) is 0 Å². The molecule has 2 bridgehead atoms.